The van der Waals surface area contributed by atoms with Crippen LogP contribution in [0.25, 0.3) is 5.52 Å². The van der Waals surface area contributed by atoms with Gasteiger partial charge in [-0.25, -0.2) is 0 Å². The summed E-state index contributed by atoms with van der Waals surface area (Å²) in [6.45, 7) is 12.4. The van der Waals surface area contributed by atoms with Crippen molar-refractivity contribution in [1.29, 1.82) is 0 Å². The van der Waals surface area contributed by atoms with Crippen LogP contribution in [0.3, 0.4) is 0 Å². The molecule has 0 aliphatic rings. The molecule has 1 unspecified atom stereocenters. The van der Waals surface area contributed by atoms with Gasteiger partial charge in [0.1, 0.15) is 0 Å². The van der Waals surface area contributed by atoms with Gasteiger partial charge in [-0.3, -0.25) is 4.90 Å². The van der Waals surface area contributed by atoms with Crippen LogP contribution in [0, 0.1) is 6.92 Å². The van der Waals surface area contributed by atoms with E-state index in [1.807, 2.05) is 0 Å². The predicted molar refractivity (Wildman–Crippen MR) is 82.8 cm³/mol. The first-order valence-corrected chi connectivity index (χ1v) is 7.34. The third-order valence-electron chi connectivity index (χ3n) is 4.00. The van der Waals surface area contributed by atoms with Crippen molar-refractivity contribution in [3.8, 4) is 0 Å². The Balaban J connectivity index is 2.21. The van der Waals surface area contributed by atoms with E-state index in [9.17, 15) is 0 Å². The zero-order valence-corrected chi connectivity index (χ0v) is 12.9. The Labute approximate surface area is 117 Å². The van der Waals surface area contributed by atoms with Crippen molar-refractivity contribution in [2.75, 3.05) is 6.54 Å². The Morgan fingerprint density at radius 1 is 1.16 bits per heavy atom. The smallest absolute Gasteiger partial charge is 0.0482 e. The number of hydrogen-bond donors (Lipinski definition) is 0. The van der Waals surface area contributed by atoms with Gasteiger partial charge in [0.25, 0.3) is 0 Å². The number of aromatic nitrogens is 1. The van der Waals surface area contributed by atoms with E-state index in [4.69, 9.17) is 0 Å². The average molecular weight is 258 g/mol. The van der Waals surface area contributed by atoms with Gasteiger partial charge in [-0.1, -0.05) is 13.0 Å². The van der Waals surface area contributed by atoms with Gasteiger partial charge in [-0.05, 0) is 63.9 Å². The second kappa shape index (κ2) is 5.79. The summed E-state index contributed by atoms with van der Waals surface area (Å²) in [5, 5.41) is 0. The predicted octanol–water partition coefficient (Wildman–Crippen LogP) is 3.91. The van der Waals surface area contributed by atoms with Gasteiger partial charge in [0.05, 0.1) is 0 Å². The standard InChI is InChI=1S/C17H26N2/c1-6-19(13(2)3)15(5)11-16-9-10-18-12-14(4)7-8-17(16)18/h7-10,12-13,15H,6,11H2,1-5H3. The monoisotopic (exact) mass is 258 g/mol. The average Bonchev–Trinajstić information content (AvgIpc) is 2.72. The maximum atomic E-state index is 2.55. The summed E-state index contributed by atoms with van der Waals surface area (Å²) in [5.41, 5.74) is 4.10. The molecular weight excluding hydrogens is 232 g/mol. The highest BCUT2D eigenvalue weighted by Gasteiger charge is 2.16. The molecule has 0 aromatic carbocycles. The molecule has 2 nitrogen and oxygen atoms in total. The fraction of sp³-hybridized carbons (Fsp3) is 0.529. The number of hydrogen-bond acceptors (Lipinski definition) is 1. The molecule has 0 bridgehead atoms. The Kier molecular flexibility index (Phi) is 4.31. The molecule has 0 radical (unpaired) electrons. The van der Waals surface area contributed by atoms with E-state index in [1.165, 1.54) is 16.6 Å². The Bertz CT molecular complexity index is 539. The zero-order chi connectivity index (χ0) is 14.0. The van der Waals surface area contributed by atoms with Gasteiger partial charge in [-0.15, -0.1) is 0 Å². The Morgan fingerprint density at radius 2 is 1.89 bits per heavy atom. The number of nitrogens with zero attached hydrogens (tertiary/aromatic N) is 2. The zero-order valence-electron chi connectivity index (χ0n) is 12.9. The lowest BCUT2D eigenvalue weighted by Crippen LogP contribution is -2.39. The maximum absolute atomic E-state index is 2.55. The second-order valence-corrected chi connectivity index (χ2v) is 5.82. The van der Waals surface area contributed by atoms with E-state index in [0.717, 1.165) is 13.0 Å². The van der Waals surface area contributed by atoms with Crippen LogP contribution in [0.4, 0.5) is 0 Å². The molecule has 0 saturated heterocycles. The van der Waals surface area contributed by atoms with Crippen LogP contribution in [0.1, 0.15) is 38.8 Å². The van der Waals surface area contributed by atoms with Crippen LogP contribution in [0.2, 0.25) is 0 Å². The number of rotatable bonds is 5. The molecule has 1 atom stereocenters. The van der Waals surface area contributed by atoms with Crippen molar-refractivity contribution in [1.82, 2.24) is 9.30 Å². The fourth-order valence-electron chi connectivity index (χ4n) is 3.07. The molecule has 0 N–H and O–H groups in total. The minimum atomic E-state index is 0.581. The van der Waals surface area contributed by atoms with Crippen molar-refractivity contribution in [3.05, 3.63) is 41.7 Å². The molecule has 104 valence electrons. The molecule has 0 fully saturated rings. The molecule has 2 aromatic heterocycles. The quantitative estimate of drug-likeness (QED) is 0.789. The molecule has 2 heteroatoms. The van der Waals surface area contributed by atoms with E-state index in [2.05, 4.69) is 74.5 Å². The highest BCUT2D eigenvalue weighted by atomic mass is 15.2. The number of likely N-dealkylation sites (N-methyl/N-ethyl adjacent to an activating group) is 1. The molecule has 19 heavy (non-hydrogen) atoms. The van der Waals surface area contributed by atoms with E-state index >= 15 is 0 Å². The van der Waals surface area contributed by atoms with Crippen molar-refractivity contribution in [3.63, 3.8) is 0 Å². The highest BCUT2D eigenvalue weighted by molar-refractivity contribution is 5.56. The minimum Gasteiger partial charge on any atom is -0.323 e. The van der Waals surface area contributed by atoms with Gasteiger partial charge in [0, 0.05) is 30.0 Å². The van der Waals surface area contributed by atoms with Crippen LogP contribution in [-0.4, -0.2) is 27.9 Å². The molecule has 0 aliphatic heterocycles. The van der Waals surface area contributed by atoms with Crippen LogP contribution in [0.5, 0.6) is 0 Å². The topological polar surface area (TPSA) is 7.65 Å². The number of aryl methyl sites for hydroxylation is 1. The summed E-state index contributed by atoms with van der Waals surface area (Å²) in [4.78, 5) is 2.55. The van der Waals surface area contributed by atoms with E-state index in [1.54, 1.807) is 0 Å². The molecule has 2 aromatic rings. The molecule has 0 saturated carbocycles. The van der Waals surface area contributed by atoms with E-state index < -0.39 is 0 Å². The van der Waals surface area contributed by atoms with E-state index in [0.29, 0.717) is 12.1 Å². The van der Waals surface area contributed by atoms with Gasteiger partial charge in [0.15, 0.2) is 0 Å². The minimum absolute atomic E-state index is 0.581. The lowest BCUT2D eigenvalue weighted by Gasteiger charge is -2.31. The maximum Gasteiger partial charge on any atom is 0.0482 e. The Morgan fingerprint density at radius 3 is 2.53 bits per heavy atom. The first kappa shape index (κ1) is 14.1. The third-order valence-corrected chi connectivity index (χ3v) is 4.00. The normalized spacial score (nSPS) is 13.6. The highest BCUT2D eigenvalue weighted by Crippen LogP contribution is 2.18. The first-order chi connectivity index (χ1) is 9.02. The number of pyridine rings is 1. The third kappa shape index (κ3) is 3.01. The van der Waals surface area contributed by atoms with Crippen molar-refractivity contribution >= 4 is 5.52 Å². The molecular formula is C17H26N2. The van der Waals surface area contributed by atoms with Crippen LogP contribution >= 0.6 is 0 Å². The summed E-state index contributed by atoms with van der Waals surface area (Å²) >= 11 is 0. The SMILES string of the molecule is CCN(C(C)C)C(C)Cc1ccn2cc(C)ccc12. The largest absolute Gasteiger partial charge is 0.323 e. The van der Waals surface area contributed by atoms with Crippen molar-refractivity contribution in [2.45, 2.75) is 53.1 Å². The lowest BCUT2D eigenvalue weighted by molar-refractivity contribution is 0.173. The molecule has 0 aliphatic carbocycles. The van der Waals surface area contributed by atoms with Crippen LogP contribution in [0.15, 0.2) is 30.6 Å². The summed E-state index contributed by atoms with van der Waals surface area (Å²) < 4.78 is 2.24. The second-order valence-electron chi connectivity index (χ2n) is 5.82. The van der Waals surface area contributed by atoms with Crippen molar-refractivity contribution < 1.29 is 0 Å². The van der Waals surface area contributed by atoms with Crippen LogP contribution < -0.4 is 0 Å². The molecule has 0 amide bonds. The van der Waals surface area contributed by atoms with Gasteiger partial charge in [0.2, 0.25) is 0 Å². The fourth-order valence-corrected chi connectivity index (χ4v) is 3.07. The van der Waals surface area contributed by atoms with Gasteiger partial charge >= 0.3 is 0 Å². The lowest BCUT2D eigenvalue weighted by atomic mass is 10.1. The molecule has 0 spiro atoms. The summed E-state index contributed by atoms with van der Waals surface area (Å²) in [5.74, 6) is 0. The first-order valence-electron chi connectivity index (χ1n) is 7.34. The van der Waals surface area contributed by atoms with Crippen molar-refractivity contribution in [2.24, 2.45) is 0 Å². The summed E-state index contributed by atoms with van der Waals surface area (Å²) in [6.07, 6.45) is 5.49. The molecule has 2 heterocycles. The van der Waals surface area contributed by atoms with Gasteiger partial charge < -0.3 is 4.40 Å². The summed E-state index contributed by atoms with van der Waals surface area (Å²) in [7, 11) is 0. The van der Waals surface area contributed by atoms with Crippen LogP contribution in [-0.2, 0) is 6.42 Å². The number of fused-ring (bicyclic) bond motifs is 1. The summed E-state index contributed by atoms with van der Waals surface area (Å²) in [6, 6.07) is 7.89. The Hall–Kier alpha value is -1.28. The van der Waals surface area contributed by atoms with E-state index in [-0.39, 0.29) is 0 Å². The van der Waals surface area contributed by atoms with Gasteiger partial charge in [-0.2, -0.15) is 0 Å². The molecule has 2 rings (SSSR count).